The molecule has 5 heteroatoms. The molecule has 2 fully saturated rings. The molecule has 3 rings (SSSR count). The molecule has 22 heavy (non-hydrogen) atoms. The van der Waals surface area contributed by atoms with Gasteiger partial charge in [0, 0.05) is 11.4 Å². The van der Waals surface area contributed by atoms with E-state index in [1.807, 2.05) is 55.4 Å². The number of hydrogen-bond acceptors (Lipinski definition) is 4. The summed E-state index contributed by atoms with van der Waals surface area (Å²) in [6, 6.07) is 9.44. The number of carbonyl (C=O) groups excluding carboxylic acids is 1. The molecular formula is C17H23NO3S. The van der Waals surface area contributed by atoms with E-state index < -0.39 is 11.4 Å². The van der Waals surface area contributed by atoms with Crippen molar-refractivity contribution in [3.63, 3.8) is 0 Å². The van der Waals surface area contributed by atoms with E-state index in [0.29, 0.717) is 5.92 Å². The molecule has 120 valence electrons. The Bertz CT molecular complexity index is 539. The summed E-state index contributed by atoms with van der Waals surface area (Å²) in [5.41, 5.74) is 0.975. The molecule has 1 aliphatic carbocycles. The van der Waals surface area contributed by atoms with Gasteiger partial charge in [0.05, 0.1) is 6.04 Å². The summed E-state index contributed by atoms with van der Waals surface area (Å²) in [7, 11) is 0. The lowest BCUT2D eigenvalue weighted by molar-refractivity contribution is -0.144. The van der Waals surface area contributed by atoms with E-state index in [9.17, 15) is 9.35 Å². The highest BCUT2D eigenvalue weighted by Crippen LogP contribution is 2.50. The van der Waals surface area contributed by atoms with Crippen molar-refractivity contribution >= 4 is 17.3 Å². The molecule has 4 nitrogen and oxygen atoms in total. The number of benzene rings is 1. The third-order valence-electron chi connectivity index (χ3n) is 4.09. The molecule has 0 amide bonds. The van der Waals surface area contributed by atoms with Crippen LogP contribution in [0.4, 0.5) is 0 Å². The largest absolute Gasteiger partial charge is 0.597 e. The van der Waals surface area contributed by atoms with Crippen LogP contribution in [0.1, 0.15) is 39.2 Å². The highest BCUT2D eigenvalue weighted by Gasteiger charge is 2.68. The van der Waals surface area contributed by atoms with Crippen LogP contribution in [0.2, 0.25) is 0 Å². The lowest BCUT2D eigenvalue weighted by atomic mass is 10.2. The summed E-state index contributed by atoms with van der Waals surface area (Å²) in [6.45, 7) is 6.11. The first kappa shape index (κ1) is 15.8. The van der Waals surface area contributed by atoms with Crippen molar-refractivity contribution in [3.05, 3.63) is 35.9 Å². The van der Waals surface area contributed by atoms with Crippen molar-refractivity contribution in [1.82, 2.24) is 4.31 Å². The van der Waals surface area contributed by atoms with E-state index in [4.69, 9.17) is 4.74 Å². The normalized spacial score (nSPS) is 29.0. The Labute approximate surface area is 135 Å². The number of esters is 1. The highest BCUT2D eigenvalue weighted by atomic mass is 32.2. The van der Waals surface area contributed by atoms with Gasteiger partial charge in [0.25, 0.3) is 0 Å². The summed E-state index contributed by atoms with van der Waals surface area (Å²) < 4.78 is 19.5. The second kappa shape index (κ2) is 5.87. The van der Waals surface area contributed by atoms with Crippen molar-refractivity contribution in [2.45, 2.75) is 57.1 Å². The lowest BCUT2D eigenvalue weighted by Crippen LogP contribution is -2.36. The molecule has 1 aromatic rings. The maximum Gasteiger partial charge on any atom is 0.330 e. The van der Waals surface area contributed by atoms with Crippen LogP contribution >= 0.6 is 0 Å². The lowest BCUT2D eigenvalue weighted by Gasteiger charge is -2.24. The van der Waals surface area contributed by atoms with E-state index in [0.717, 1.165) is 18.4 Å². The Morgan fingerprint density at radius 2 is 1.95 bits per heavy atom. The summed E-state index contributed by atoms with van der Waals surface area (Å²) in [4.78, 5) is 12.4. The van der Waals surface area contributed by atoms with Crippen LogP contribution in [-0.4, -0.2) is 31.7 Å². The molecule has 1 aliphatic heterocycles. The molecule has 0 N–H and O–H groups in total. The van der Waals surface area contributed by atoms with E-state index >= 15 is 0 Å². The third-order valence-corrected chi connectivity index (χ3v) is 5.99. The van der Waals surface area contributed by atoms with Crippen LogP contribution in [0.15, 0.2) is 30.3 Å². The Morgan fingerprint density at radius 3 is 2.50 bits per heavy atom. The highest BCUT2D eigenvalue weighted by molar-refractivity contribution is 7.90. The Morgan fingerprint density at radius 1 is 1.32 bits per heavy atom. The minimum atomic E-state index is -1.15. The number of rotatable bonds is 5. The predicted molar refractivity (Wildman–Crippen MR) is 86.3 cm³/mol. The summed E-state index contributed by atoms with van der Waals surface area (Å²) in [5.74, 6) is 0.277. The van der Waals surface area contributed by atoms with Crippen molar-refractivity contribution in [2.75, 3.05) is 0 Å². The zero-order valence-electron chi connectivity index (χ0n) is 13.3. The standard InChI is InChI=1S/C17H23NO3S/c1-17(2,3)22(20)18-14(13-9-10-13)15(18)16(19)21-11-12-7-5-4-6-8-12/h4-8,13-15H,9-11H2,1-3H3/t14-,15-,18?,22?/m1/s1. The van der Waals surface area contributed by atoms with Crippen LogP contribution in [0.25, 0.3) is 0 Å². The van der Waals surface area contributed by atoms with Gasteiger partial charge in [-0.2, -0.15) is 0 Å². The first-order valence-electron chi connectivity index (χ1n) is 7.80. The average Bonchev–Trinajstić information content (AvgIpc) is 3.35. The number of hydrogen-bond donors (Lipinski definition) is 0. The minimum absolute atomic E-state index is 0.114. The number of carbonyl (C=O) groups is 1. The van der Waals surface area contributed by atoms with Crippen molar-refractivity contribution in [2.24, 2.45) is 5.92 Å². The van der Waals surface area contributed by atoms with Gasteiger partial charge < -0.3 is 9.29 Å². The molecule has 0 aromatic heterocycles. The molecular weight excluding hydrogens is 298 g/mol. The summed E-state index contributed by atoms with van der Waals surface area (Å²) in [6.07, 6.45) is 2.26. The van der Waals surface area contributed by atoms with Crippen LogP contribution in [-0.2, 0) is 27.5 Å². The van der Waals surface area contributed by atoms with Crippen molar-refractivity contribution in [1.29, 1.82) is 0 Å². The van der Waals surface area contributed by atoms with Crippen molar-refractivity contribution in [3.8, 4) is 0 Å². The van der Waals surface area contributed by atoms with Crippen LogP contribution < -0.4 is 0 Å². The topological polar surface area (TPSA) is 52.4 Å². The quantitative estimate of drug-likeness (QED) is 0.475. The first-order chi connectivity index (χ1) is 10.4. The van der Waals surface area contributed by atoms with Gasteiger partial charge >= 0.3 is 5.97 Å². The van der Waals surface area contributed by atoms with Gasteiger partial charge in [-0.1, -0.05) is 30.3 Å². The molecule has 2 aliphatic rings. The van der Waals surface area contributed by atoms with Gasteiger partial charge in [0.1, 0.15) is 11.4 Å². The fourth-order valence-electron chi connectivity index (χ4n) is 2.72. The molecule has 4 atom stereocenters. The smallest absolute Gasteiger partial charge is 0.330 e. The van der Waals surface area contributed by atoms with Gasteiger partial charge in [-0.3, -0.25) is 4.79 Å². The molecule has 2 unspecified atom stereocenters. The summed E-state index contributed by atoms with van der Waals surface area (Å²) in [5, 5.41) is 0. The summed E-state index contributed by atoms with van der Waals surface area (Å²) >= 11 is -1.15. The van der Waals surface area contributed by atoms with E-state index in [1.54, 1.807) is 0 Å². The third kappa shape index (κ3) is 3.31. The van der Waals surface area contributed by atoms with E-state index in [1.165, 1.54) is 0 Å². The number of nitrogens with zero attached hydrogens (tertiary/aromatic N) is 1. The van der Waals surface area contributed by atoms with Gasteiger partial charge in [0.2, 0.25) is 0 Å². The van der Waals surface area contributed by atoms with E-state index in [2.05, 4.69) is 0 Å². The molecule has 0 spiro atoms. The van der Waals surface area contributed by atoms with Crippen LogP contribution in [0, 0.1) is 5.92 Å². The average molecular weight is 321 g/mol. The molecule has 1 aromatic carbocycles. The Balaban J connectivity index is 1.61. The Kier molecular flexibility index (Phi) is 4.23. The zero-order chi connectivity index (χ0) is 15.9. The van der Waals surface area contributed by atoms with Gasteiger partial charge in [-0.05, 0) is 45.1 Å². The zero-order valence-corrected chi connectivity index (χ0v) is 14.1. The Hall–Kier alpha value is -1.04. The van der Waals surface area contributed by atoms with Crippen LogP contribution in [0.5, 0.6) is 0 Å². The van der Waals surface area contributed by atoms with Crippen molar-refractivity contribution < 1.29 is 14.1 Å². The van der Waals surface area contributed by atoms with Gasteiger partial charge in [-0.25, -0.2) is 0 Å². The molecule has 1 saturated carbocycles. The molecule has 0 bridgehead atoms. The fourth-order valence-corrected chi connectivity index (χ4v) is 4.22. The maximum atomic E-state index is 12.6. The monoisotopic (exact) mass is 321 g/mol. The molecule has 0 radical (unpaired) electrons. The predicted octanol–water partition coefficient (Wildman–Crippen LogP) is 2.65. The second-order valence-electron chi connectivity index (χ2n) is 7.09. The SMILES string of the molecule is CC(C)(C)[S+]([O-])N1[C@H](C2CC2)[C@@H]1C(=O)OCc1ccccc1. The number of ether oxygens (including phenoxy) is 1. The van der Waals surface area contributed by atoms with Gasteiger partial charge in [0.15, 0.2) is 6.04 Å². The minimum Gasteiger partial charge on any atom is -0.597 e. The van der Waals surface area contributed by atoms with E-state index in [-0.39, 0.29) is 29.4 Å². The van der Waals surface area contributed by atoms with Gasteiger partial charge in [-0.15, -0.1) is 4.31 Å². The molecule has 1 saturated heterocycles. The fraction of sp³-hybridized carbons (Fsp3) is 0.588. The van der Waals surface area contributed by atoms with Crippen LogP contribution in [0.3, 0.4) is 0 Å². The first-order valence-corrected chi connectivity index (χ1v) is 8.91. The maximum absolute atomic E-state index is 12.6. The second-order valence-corrected chi connectivity index (χ2v) is 9.23. The molecule has 1 heterocycles.